The van der Waals surface area contributed by atoms with Crippen molar-refractivity contribution in [1.82, 2.24) is 0 Å². The van der Waals surface area contributed by atoms with Gasteiger partial charge in [-0.2, -0.15) is 0 Å². The molecule has 0 amide bonds. The first-order valence-corrected chi connectivity index (χ1v) is 6.02. The Balaban J connectivity index is 2.25. The topological polar surface area (TPSA) is 145 Å². The van der Waals surface area contributed by atoms with Crippen LogP contribution in [0.2, 0.25) is 0 Å². The van der Waals surface area contributed by atoms with Crippen LogP contribution in [0.15, 0.2) is 18.2 Å². The van der Waals surface area contributed by atoms with E-state index in [1.807, 2.05) is 0 Å². The summed E-state index contributed by atoms with van der Waals surface area (Å²) in [6.07, 6.45) is -7.03. The summed E-state index contributed by atoms with van der Waals surface area (Å²) < 4.78 is 23.6. The zero-order valence-electron chi connectivity index (χ0n) is 10.9. The van der Waals surface area contributed by atoms with Gasteiger partial charge in [0.1, 0.15) is 12.2 Å². The molecule has 120 valence electrons. The second-order valence-corrected chi connectivity index (χ2v) is 4.49. The Kier molecular flexibility index (Phi) is 4.49. The Morgan fingerprint density at radius 2 is 1.95 bits per heavy atom. The van der Waals surface area contributed by atoms with Crippen molar-refractivity contribution in [3.63, 3.8) is 0 Å². The lowest BCUT2D eigenvalue weighted by atomic mass is 10.1. The summed E-state index contributed by atoms with van der Waals surface area (Å²) in [7, 11) is 0. The molecule has 11 heteroatoms. The van der Waals surface area contributed by atoms with Crippen molar-refractivity contribution >= 4 is 11.4 Å². The summed E-state index contributed by atoms with van der Waals surface area (Å²) in [5, 5.41) is 40.1. The average molecular weight is 318 g/mol. The molecule has 10 nitrogen and oxygen atoms in total. The first-order valence-electron chi connectivity index (χ1n) is 6.02. The molecule has 0 saturated carbocycles. The van der Waals surface area contributed by atoms with Gasteiger partial charge in [0.2, 0.25) is 12.0 Å². The van der Waals surface area contributed by atoms with E-state index >= 15 is 0 Å². The number of aliphatic hydroxyl groups excluding tert-OH is 2. The Morgan fingerprint density at radius 3 is 2.55 bits per heavy atom. The zero-order valence-corrected chi connectivity index (χ0v) is 10.9. The van der Waals surface area contributed by atoms with Crippen LogP contribution in [0.5, 0.6) is 5.75 Å². The lowest BCUT2D eigenvalue weighted by Crippen LogP contribution is -2.52. The molecule has 1 saturated heterocycles. The maximum Gasteiger partial charge on any atom is 0.317 e. The molecule has 1 fully saturated rings. The van der Waals surface area contributed by atoms with Crippen LogP contribution in [0, 0.1) is 20.2 Å². The number of aliphatic hydroxyl groups is 2. The summed E-state index contributed by atoms with van der Waals surface area (Å²) in [5.41, 5.74) is -1.28. The summed E-state index contributed by atoms with van der Waals surface area (Å²) in [5.74, 6) is -0.452. The van der Waals surface area contributed by atoms with E-state index in [2.05, 4.69) is 0 Å². The molecule has 4 unspecified atom stereocenters. The van der Waals surface area contributed by atoms with Crippen molar-refractivity contribution in [2.45, 2.75) is 24.7 Å². The van der Waals surface area contributed by atoms with E-state index in [9.17, 15) is 34.8 Å². The van der Waals surface area contributed by atoms with E-state index in [4.69, 9.17) is 9.47 Å². The summed E-state index contributed by atoms with van der Waals surface area (Å²) >= 11 is 0. The molecular weight excluding hydrogens is 307 g/mol. The Morgan fingerprint density at radius 1 is 1.27 bits per heavy atom. The number of nitrogens with zero attached hydrogens (tertiary/aromatic N) is 2. The van der Waals surface area contributed by atoms with Gasteiger partial charge in [-0.25, -0.2) is 4.39 Å². The van der Waals surface area contributed by atoms with E-state index in [-0.39, 0.29) is 0 Å². The third-order valence-electron chi connectivity index (χ3n) is 3.00. The SMILES string of the molecule is O=[N+]([O-])c1ccc(OC2OCC(O)C(O)C2F)c([N+](=O)[O-])c1. The number of ether oxygens (including phenoxy) is 2. The number of alkyl halides is 1. The van der Waals surface area contributed by atoms with Crippen LogP contribution in [0.25, 0.3) is 0 Å². The Bertz CT molecular complexity index is 597. The molecule has 0 bridgehead atoms. The number of nitro groups is 2. The van der Waals surface area contributed by atoms with Crippen molar-refractivity contribution in [2.24, 2.45) is 0 Å². The lowest BCUT2D eigenvalue weighted by molar-refractivity contribution is -0.395. The smallest absolute Gasteiger partial charge is 0.317 e. The Hall–Kier alpha value is -2.37. The van der Waals surface area contributed by atoms with Crippen molar-refractivity contribution in [3.05, 3.63) is 38.4 Å². The largest absolute Gasteiger partial charge is 0.454 e. The predicted molar refractivity (Wildman–Crippen MR) is 67.0 cm³/mol. The lowest BCUT2D eigenvalue weighted by Gasteiger charge is -2.33. The fourth-order valence-electron chi connectivity index (χ4n) is 1.84. The van der Waals surface area contributed by atoms with Gasteiger partial charge < -0.3 is 19.7 Å². The molecule has 1 aromatic carbocycles. The van der Waals surface area contributed by atoms with Gasteiger partial charge in [0, 0.05) is 6.07 Å². The number of halogens is 1. The Labute approximate surface area is 122 Å². The third-order valence-corrected chi connectivity index (χ3v) is 3.00. The summed E-state index contributed by atoms with van der Waals surface area (Å²) in [6.45, 7) is -0.424. The van der Waals surface area contributed by atoms with Crippen LogP contribution >= 0.6 is 0 Å². The maximum atomic E-state index is 13.8. The average Bonchev–Trinajstić information content (AvgIpc) is 2.47. The molecule has 4 atom stereocenters. The minimum absolute atomic E-state index is 0.424. The van der Waals surface area contributed by atoms with Crippen molar-refractivity contribution in [3.8, 4) is 5.75 Å². The van der Waals surface area contributed by atoms with Gasteiger partial charge >= 0.3 is 5.69 Å². The van der Waals surface area contributed by atoms with Crippen molar-refractivity contribution in [1.29, 1.82) is 0 Å². The molecule has 0 aliphatic carbocycles. The van der Waals surface area contributed by atoms with E-state index in [1.54, 1.807) is 0 Å². The van der Waals surface area contributed by atoms with Crippen LogP contribution in [-0.4, -0.2) is 51.3 Å². The molecule has 0 radical (unpaired) electrons. The fraction of sp³-hybridized carbons (Fsp3) is 0.455. The number of hydrogen-bond donors (Lipinski definition) is 2. The third kappa shape index (κ3) is 3.10. The highest BCUT2D eigenvalue weighted by Gasteiger charge is 2.41. The van der Waals surface area contributed by atoms with Gasteiger partial charge in [0.25, 0.3) is 5.69 Å². The van der Waals surface area contributed by atoms with Crippen LogP contribution in [0.1, 0.15) is 0 Å². The second-order valence-electron chi connectivity index (χ2n) is 4.49. The zero-order chi connectivity index (χ0) is 16.4. The predicted octanol–water partition coefficient (Wildman–Crippen LogP) is 0.298. The molecule has 0 aromatic heterocycles. The normalized spacial score (nSPS) is 28.1. The number of nitro benzene ring substituents is 2. The van der Waals surface area contributed by atoms with E-state index in [0.717, 1.165) is 12.1 Å². The first kappa shape index (κ1) is 16.0. The van der Waals surface area contributed by atoms with E-state index in [0.29, 0.717) is 6.07 Å². The van der Waals surface area contributed by atoms with Crippen LogP contribution in [-0.2, 0) is 4.74 Å². The first-order chi connectivity index (χ1) is 10.3. The monoisotopic (exact) mass is 318 g/mol. The van der Waals surface area contributed by atoms with E-state index < -0.39 is 58.2 Å². The molecule has 1 aromatic rings. The number of benzene rings is 1. The van der Waals surface area contributed by atoms with Gasteiger partial charge in [0.15, 0.2) is 6.17 Å². The highest BCUT2D eigenvalue weighted by molar-refractivity contribution is 5.53. The quantitative estimate of drug-likeness (QED) is 0.595. The summed E-state index contributed by atoms with van der Waals surface area (Å²) in [4.78, 5) is 19.8. The van der Waals surface area contributed by atoms with Gasteiger partial charge in [-0.3, -0.25) is 20.2 Å². The molecule has 1 heterocycles. The van der Waals surface area contributed by atoms with Crippen LogP contribution in [0.3, 0.4) is 0 Å². The number of non-ortho nitro benzene ring substituents is 1. The molecule has 0 spiro atoms. The summed E-state index contributed by atoms with van der Waals surface area (Å²) in [6, 6.07) is 2.55. The fourth-order valence-corrected chi connectivity index (χ4v) is 1.84. The minimum atomic E-state index is -2.14. The standard InChI is InChI=1S/C11H11FN2O8/c12-9-10(16)7(15)4-21-11(9)22-8-2-1-5(13(17)18)3-6(8)14(19)20/h1-3,7,9-11,15-16H,4H2. The number of hydrogen-bond acceptors (Lipinski definition) is 8. The van der Waals surface area contributed by atoms with Gasteiger partial charge in [-0.05, 0) is 6.07 Å². The van der Waals surface area contributed by atoms with Crippen LogP contribution < -0.4 is 4.74 Å². The maximum absolute atomic E-state index is 13.8. The van der Waals surface area contributed by atoms with Crippen LogP contribution in [0.4, 0.5) is 15.8 Å². The van der Waals surface area contributed by atoms with Gasteiger partial charge in [-0.15, -0.1) is 0 Å². The molecule has 2 N–H and O–H groups in total. The number of rotatable bonds is 4. The van der Waals surface area contributed by atoms with E-state index in [1.165, 1.54) is 0 Å². The molecule has 2 rings (SSSR count). The highest BCUT2D eigenvalue weighted by atomic mass is 19.1. The highest BCUT2D eigenvalue weighted by Crippen LogP contribution is 2.33. The molecule has 1 aliphatic heterocycles. The minimum Gasteiger partial charge on any atom is -0.454 e. The van der Waals surface area contributed by atoms with Gasteiger partial charge in [-0.1, -0.05) is 0 Å². The van der Waals surface area contributed by atoms with Gasteiger partial charge in [0.05, 0.1) is 22.5 Å². The molecular formula is C11H11FN2O8. The molecule has 22 heavy (non-hydrogen) atoms. The van der Waals surface area contributed by atoms with Crippen molar-refractivity contribution in [2.75, 3.05) is 6.61 Å². The second kappa shape index (κ2) is 6.17. The molecule has 1 aliphatic rings. The van der Waals surface area contributed by atoms with Crippen molar-refractivity contribution < 1.29 is 33.9 Å².